The number of fused-ring (bicyclic) bond motifs is 1. The summed E-state index contributed by atoms with van der Waals surface area (Å²) in [6, 6.07) is -0.107. The van der Waals surface area contributed by atoms with E-state index in [1.807, 2.05) is 11.8 Å². The van der Waals surface area contributed by atoms with Gasteiger partial charge in [-0.05, 0) is 63.9 Å². The third-order valence-electron chi connectivity index (χ3n) is 8.61. The molecule has 0 spiro atoms. The van der Waals surface area contributed by atoms with Gasteiger partial charge in [0.1, 0.15) is 5.76 Å². The standard InChI is InChI=1S/C26H39N3O3/c1-7-14(2)21(24(30)28-6)26-10-15(3)22(26)25(31)29(13-26)17(5)19(11-27)20-16(4)23(20)32-12-18-8-9-18/h11,15,17-20,22,27H,7-10,12-13H2,1-6H3,(H,28,30)/b21-14-,27-11?/t15-,17?,19?,20?,22?,26?/m1/s1. The zero-order chi connectivity index (χ0) is 23.4. The largest absolute Gasteiger partial charge is 0.497 e. The maximum atomic E-state index is 13.7. The molecule has 3 fully saturated rings. The predicted octanol–water partition coefficient (Wildman–Crippen LogP) is 3.93. The van der Waals surface area contributed by atoms with Gasteiger partial charge in [-0.25, -0.2) is 0 Å². The number of likely N-dealkylation sites (N-methyl/N-ethyl adjacent to an activating group) is 1. The van der Waals surface area contributed by atoms with Gasteiger partial charge in [0.15, 0.2) is 0 Å². The van der Waals surface area contributed by atoms with Crippen molar-refractivity contribution in [1.82, 2.24) is 10.2 Å². The van der Waals surface area contributed by atoms with E-state index in [-0.39, 0.29) is 41.5 Å². The number of allylic oxidation sites excluding steroid dienone is 3. The molecule has 6 heteroatoms. The van der Waals surface area contributed by atoms with Crippen LogP contribution in [0.1, 0.15) is 60.3 Å². The first-order chi connectivity index (χ1) is 15.2. The number of amides is 2. The second kappa shape index (κ2) is 8.35. The zero-order valence-electron chi connectivity index (χ0n) is 20.5. The van der Waals surface area contributed by atoms with Crippen LogP contribution in [0.2, 0.25) is 0 Å². The fraction of sp³-hybridized carbons (Fsp3) is 0.731. The Morgan fingerprint density at radius 3 is 2.62 bits per heavy atom. The quantitative estimate of drug-likeness (QED) is 0.398. The molecule has 1 saturated heterocycles. The molecule has 2 amide bonds. The number of hydrogen-bond donors (Lipinski definition) is 2. The van der Waals surface area contributed by atoms with E-state index < -0.39 is 5.41 Å². The van der Waals surface area contributed by atoms with E-state index in [1.54, 1.807) is 7.05 Å². The molecule has 0 aromatic rings. The lowest BCUT2D eigenvalue weighted by Crippen LogP contribution is -2.51. The smallest absolute Gasteiger partial charge is 0.247 e. The van der Waals surface area contributed by atoms with Crippen LogP contribution in [-0.4, -0.2) is 49.2 Å². The number of nitrogens with one attached hydrogen (secondary N) is 2. The molecular formula is C26H39N3O3. The van der Waals surface area contributed by atoms with E-state index in [0.717, 1.165) is 36.4 Å². The SMILES string of the molecule is CC/C(C)=C(/C(=O)NC)C12C[C@@H](C)C1C(=O)N(C(C)C(C=N)C1C(C)=C1OCC1CC1)C2. The van der Waals surface area contributed by atoms with E-state index in [0.29, 0.717) is 12.5 Å². The summed E-state index contributed by atoms with van der Waals surface area (Å²) >= 11 is 0. The highest BCUT2D eigenvalue weighted by atomic mass is 16.5. The molecule has 32 heavy (non-hydrogen) atoms. The summed E-state index contributed by atoms with van der Waals surface area (Å²) in [6.07, 6.45) is 5.67. The van der Waals surface area contributed by atoms with Gasteiger partial charge in [0, 0.05) is 42.8 Å². The second-order valence-electron chi connectivity index (χ2n) is 10.6. The molecule has 176 valence electrons. The number of nitrogens with zero attached hydrogens (tertiary/aromatic N) is 1. The van der Waals surface area contributed by atoms with Crippen molar-refractivity contribution in [2.24, 2.45) is 35.0 Å². The van der Waals surface area contributed by atoms with E-state index in [2.05, 4.69) is 33.0 Å². The second-order valence-corrected chi connectivity index (χ2v) is 10.6. The Morgan fingerprint density at radius 1 is 1.41 bits per heavy atom. The van der Waals surface area contributed by atoms with Crippen molar-refractivity contribution in [3.63, 3.8) is 0 Å². The topological polar surface area (TPSA) is 82.5 Å². The monoisotopic (exact) mass is 441 g/mol. The third kappa shape index (κ3) is 3.50. The van der Waals surface area contributed by atoms with Gasteiger partial charge in [-0.15, -0.1) is 0 Å². The van der Waals surface area contributed by atoms with Gasteiger partial charge in [-0.3, -0.25) is 9.59 Å². The summed E-state index contributed by atoms with van der Waals surface area (Å²) in [7, 11) is 1.67. The van der Waals surface area contributed by atoms with Crippen molar-refractivity contribution in [1.29, 1.82) is 5.41 Å². The number of hydrogen-bond acceptors (Lipinski definition) is 4. The Labute approximate surface area is 192 Å². The molecule has 5 unspecified atom stereocenters. The lowest BCUT2D eigenvalue weighted by atomic mass is 9.52. The molecule has 3 aliphatic carbocycles. The number of rotatable bonds is 10. The summed E-state index contributed by atoms with van der Waals surface area (Å²) in [5.41, 5.74) is 2.70. The number of ether oxygens (including phenoxy) is 1. The summed E-state index contributed by atoms with van der Waals surface area (Å²) in [4.78, 5) is 28.6. The highest BCUT2D eigenvalue weighted by Gasteiger charge is 2.66. The average molecular weight is 442 g/mol. The van der Waals surface area contributed by atoms with Crippen molar-refractivity contribution in [2.75, 3.05) is 20.2 Å². The minimum atomic E-state index is -0.408. The Bertz CT molecular complexity index is 887. The molecule has 6 nitrogen and oxygen atoms in total. The van der Waals surface area contributed by atoms with E-state index in [4.69, 9.17) is 10.1 Å². The normalized spacial score (nSPS) is 33.8. The molecule has 6 atom stereocenters. The molecule has 0 bridgehead atoms. The molecule has 4 aliphatic rings. The molecule has 2 saturated carbocycles. The van der Waals surface area contributed by atoms with Crippen LogP contribution in [0.15, 0.2) is 22.5 Å². The highest BCUT2D eigenvalue weighted by molar-refractivity contribution is 5.99. The number of likely N-dealkylation sites (tertiary alicyclic amines) is 1. The van der Waals surface area contributed by atoms with Crippen LogP contribution in [0.25, 0.3) is 0 Å². The maximum Gasteiger partial charge on any atom is 0.247 e. The van der Waals surface area contributed by atoms with E-state index in [9.17, 15) is 9.59 Å². The van der Waals surface area contributed by atoms with Crippen molar-refractivity contribution >= 4 is 18.0 Å². The zero-order valence-corrected chi connectivity index (χ0v) is 20.5. The molecule has 2 N–H and O–H groups in total. The molecule has 1 aliphatic heterocycles. The molecule has 0 aromatic carbocycles. The van der Waals surface area contributed by atoms with Crippen molar-refractivity contribution in [3.05, 3.63) is 22.5 Å². The summed E-state index contributed by atoms with van der Waals surface area (Å²) < 4.78 is 6.06. The number of carbonyl (C=O) groups is 2. The first-order valence-electron chi connectivity index (χ1n) is 12.3. The average Bonchev–Trinajstić information content (AvgIpc) is 3.67. The summed E-state index contributed by atoms with van der Waals surface area (Å²) in [5, 5.41) is 11.0. The van der Waals surface area contributed by atoms with E-state index in [1.165, 1.54) is 24.6 Å². The van der Waals surface area contributed by atoms with Crippen LogP contribution in [0.3, 0.4) is 0 Å². The Balaban J connectivity index is 1.56. The van der Waals surface area contributed by atoms with Gasteiger partial charge in [-0.1, -0.05) is 19.4 Å². The number of carbonyl (C=O) groups excluding carboxylic acids is 2. The van der Waals surface area contributed by atoms with Crippen molar-refractivity contribution < 1.29 is 14.3 Å². The van der Waals surface area contributed by atoms with E-state index >= 15 is 0 Å². The van der Waals surface area contributed by atoms with Gasteiger partial charge < -0.3 is 20.4 Å². The molecule has 0 radical (unpaired) electrons. The Morgan fingerprint density at radius 2 is 2.09 bits per heavy atom. The lowest BCUT2D eigenvalue weighted by molar-refractivity contribution is -0.138. The van der Waals surface area contributed by atoms with Crippen LogP contribution in [0.5, 0.6) is 0 Å². The van der Waals surface area contributed by atoms with Gasteiger partial charge >= 0.3 is 0 Å². The Kier molecular flexibility index (Phi) is 6.01. The van der Waals surface area contributed by atoms with Gasteiger partial charge in [0.25, 0.3) is 0 Å². The fourth-order valence-corrected chi connectivity index (χ4v) is 6.44. The van der Waals surface area contributed by atoms with Crippen LogP contribution < -0.4 is 5.32 Å². The van der Waals surface area contributed by atoms with Gasteiger partial charge in [0.05, 0.1) is 18.4 Å². The van der Waals surface area contributed by atoms with Crippen LogP contribution in [0, 0.1) is 40.4 Å². The molecule has 0 aromatic heterocycles. The van der Waals surface area contributed by atoms with Crippen molar-refractivity contribution in [3.8, 4) is 0 Å². The molecular weight excluding hydrogens is 402 g/mol. The molecule has 4 rings (SSSR count). The Hall–Kier alpha value is -2.11. The van der Waals surface area contributed by atoms with Crippen molar-refractivity contribution in [2.45, 2.75) is 66.3 Å². The first kappa shape index (κ1) is 23.1. The highest BCUT2D eigenvalue weighted by Crippen LogP contribution is 2.62. The minimum Gasteiger partial charge on any atom is -0.497 e. The summed E-state index contributed by atoms with van der Waals surface area (Å²) in [5.74, 6) is 1.98. The van der Waals surface area contributed by atoms with Gasteiger partial charge in [0.2, 0.25) is 11.8 Å². The van der Waals surface area contributed by atoms with Crippen LogP contribution in [-0.2, 0) is 14.3 Å². The third-order valence-corrected chi connectivity index (χ3v) is 8.61. The fourth-order valence-electron chi connectivity index (χ4n) is 6.44. The van der Waals surface area contributed by atoms with Gasteiger partial charge in [-0.2, -0.15) is 0 Å². The summed E-state index contributed by atoms with van der Waals surface area (Å²) in [6.45, 7) is 11.7. The maximum absolute atomic E-state index is 13.7. The molecule has 1 heterocycles. The van der Waals surface area contributed by atoms with Crippen LogP contribution in [0.4, 0.5) is 0 Å². The predicted molar refractivity (Wildman–Crippen MR) is 125 cm³/mol. The van der Waals surface area contributed by atoms with Crippen LogP contribution >= 0.6 is 0 Å². The first-order valence-corrected chi connectivity index (χ1v) is 12.3. The minimum absolute atomic E-state index is 0.0531. The lowest BCUT2D eigenvalue weighted by Gasteiger charge is -2.49.